The van der Waals surface area contributed by atoms with Crippen LogP contribution in [0.25, 0.3) is 0 Å². The Morgan fingerprint density at radius 1 is 1.08 bits per heavy atom. The lowest BCUT2D eigenvalue weighted by atomic mass is 10.2. The van der Waals surface area contributed by atoms with Gasteiger partial charge in [-0.2, -0.15) is 8.42 Å². The molecule has 0 saturated carbocycles. The van der Waals surface area contributed by atoms with Crippen molar-refractivity contribution in [2.24, 2.45) is 0 Å². The summed E-state index contributed by atoms with van der Waals surface area (Å²) < 4.78 is 40.4. The highest BCUT2D eigenvalue weighted by Gasteiger charge is 2.20. The second kappa shape index (κ2) is 9.19. The molecule has 0 bridgehead atoms. The van der Waals surface area contributed by atoms with E-state index in [0.29, 0.717) is 30.8 Å². The molecule has 0 atom stereocenters. The van der Waals surface area contributed by atoms with E-state index in [4.69, 9.17) is 13.7 Å². The molecule has 0 heterocycles. The fourth-order valence-corrected chi connectivity index (χ4v) is 3.18. The number of para-hydroxylation sites is 1. The standard InChI is InChI=1S/C18H20O6S/c1-22-17-9-2-3-10-18(17)25(20,21)24-14-15-7-6-8-16(13-15)23-12-5-4-11-19/h2-3,6-11,13H,4-5,12,14H2,1H3. The van der Waals surface area contributed by atoms with E-state index >= 15 is 0 Å². The highest BCUT2D eigenvalue weighted by Crippen LogP contribution is 2.25. The van der Waals surface area contributed by atoms with E-state index in [1.807, 2.05) is 0 Å². The van der Waals surface area contributed by atoms with E-state index in [1.54, 1.807) is 42.5 Å². The van der Waals surface area contributed by atoms with Crippen molar-refractivity contribution in [2.75, 3.05) is 13.7 Å². The summed E-state index contributed by atoms with van der Waals surface area (Å²) in [6.45, 7) is 0.300. The van der Waals surface area contributed by atoms with E-state index in [-0.39, 0.29) is 17.3 Å². The number of ether oxygens (including phenoxy) is 2. The van der Waals surface area contributed by atoms with E-state index < -0.39 is 10.1 Å². The Kier molecular flexibility index (Phi) is 6.97. The van der Waals surface area contributed by atoms with Crippen molar-refractivity contribution < 1.29 is 26.9 Å². The molecule has 25 heavy (non-hydrogen) atoms. The second-order valence-corrected chi connectivity index (χ2v) is 6.76. The van der Waals surface area contributed by atoms with Gasteiger partial charge in [0.15, 0.2) is 0 Å². The van der Waals surface area contributed by atoms with Crippen molar-refractivity contribution in [3.05, 3.63) is 54.1 Å². The number of unbranched alkanes of at least 4 members (excludes halogenated alkanes) is 1. The number of carbonyl (C=O) groups is 1. The van der Waals surface area contributed by atoms with Crippen LogP contribution in [0.5, 0.6) is 11.5 Å². The van der Waals surface area contributed by atoms with Crippen molar-refractivity contribution in [1.29, 1.82) is 0 Å². The maximum absolute atomic E-state index is 12.3. The van der Waals surface area contributed by atoms with Crippen LogP contribution in [0.2, 0.25) is 0 Å². The molecule has 0 aromatic heterocycles. The number of hydrogen-bond donors (Lipinski definition) is 0. The molecule has 6 nitrogen and oxygen atoms in total. The zero-order chi connectivity index (χ0) is 18.1. The maximum atomic E-state index is 12.3. The van der Waals surface area contributed by atoms with Crippen LogP contribution in [-0.2, 0) is 25.7 Å². The molecule has 0 N–H and O–H groups in total. The minimum atomic E-state index is -3.94. The molecule has 0 radical (unpaired) electrons. The lowest BCUT2D eigenvalue weighted by Crippen LogP contribution is -2.08. The first kappa shape index (κ1) is 19.0. The van der Waals surface area contributed by atoms with Gasteiger partial charge < -0.3 is 14.3 Å². The van der Waals surface area contributed by atoms with Crippen molar-refractivity contribution in [3.8, 4) is 11.5 Å². The van der Waals surface area contributed by atoms with Crippen LogP contribution in [0.4, 0.5) is 0 Å². The van der Waals surface area contributed by atoms with E-state index in [1.165, 1.54) is 13.2 Å². The Labute approximate surface area is 147 Å². The van der Waals surface area contributed by atoms with Gasteiger partial charge >= 0.3 is 10.1 Å². The van der Waals surface area contributed by atoms with Crippen LogP contribution in [-0.4, -0.2) is 28.4 Å². The summed E-state index contributed by atoms with van der Waals surface area (Å²) in [6, 6.07) is 13.2. The van der Waals surface area contributed by atoms with Crippen LogP contribution in [0.3, 0.4) is 0 Å². The number of hydrogen-bond acceptors (Lipinski definition) is 6. The Hall–Kier alpha value is -2.38. The van der Waals surface area contributed by atoms with Crippen LogP contribution < -0.4 is 9.47 Å². The first-order valence-electron chi connectivity index (χ1n) is 7.74. The number of rotatable bonds is 10. The zero-order valence-corrected chi connectivity index (χ0v) is 14.7. The Balaban J connectivity index is 2.01. The Morgan fingerprint density at radius 3 is 2.64 bits per heavy atom. The number of carbonyl (C=O) groups excluding carboxylic acids is 1. The van der Waals surface area contributed by atoms with Crippen LogP contribution in [0, 0.1) is 0 Å². The zero-order valence-electron chi connectivity index (χ0n) is 13.9. The molecule has 7 heteroatoms. The fourth-order valence-electron chi connectivity index (χ4n) is 2.12. The summed E-state index contributed by atoms with van der Waals surface area (Å²) in [5, 5.41) is 0. The van der Waals surface area contributed by atoms with Gasteiger partial charge in [-0.05, 0) is 36.2 Å². The monoisotopic (exact) mass is 364 g/mol. The first-order chi connectivity index (χ1) is 12.1. The van der Waals surface area contributed by atoms with Crippen LogP contribution in [0.15, 0.2) is 53.4 Å². The maximum Gasteiger partial charge on any atom is 0.301 e. The molecule has 2 rings (SSSR count). The third-order valence-electron chi connectivity index (χ3n) is 3.35. The molecule has 2 aromatic carbocycles. The van der Waals surface area contributed by atoms with Gasteiger partial charge in [0, 0.05) is 6.42 Å². The van der Waals surface area contributed by atoms with E-state index in [9.17, 15) is 13.2 Å². The quantitative estimate of drug-likeness (QED) is 0.366. The van der Waals surface area contributed by atoms with Gasteiger partial charge in [-0.15, -0.1) is 0 Å². The summed E-state index contributed by atoms with van der Waals surface area (Å²) in [7, 11) is -2.54. The molecule has 0 aliphatic heterocycles. The molecular weight excluding hydrogens is 344 g/mol. The molecule has 2 aromatic rings. The highest BCUT2D eigenvalue weighted by molar-refractivity contribution is 7.86. The number of aldehydes is 1. The van der Waals surface area contributed by atoms with Crippen molar-refractivity contribution in [3.63, 3.8) is 0 Å². The molecule has 0 fully saturated rings. The normalized spacial score (nSPS) is 11.1. The van der Waals surface area contributed by atoms with Crippen LogP contribution >= 0.6 is 0 Å². The van der Waals surface area contributed by atoms with Crippen LogP contribution in [0.1, 0.15) is 18.4 Å². The topological polar surface area (TPSA) is 78.9 Å². The smallest absolute Gasteiger partial charge is 0.301 e. The predicted octanol–water partition coefficient (Wildman–Crippen LogP) is 2.96. The van der Waals surface area contributed by atoms with E-state index in [0.717, 1.165) is 6.29 Å². The van der Waals surface area contributed by atoms with Gasteiger partial charge in [0.25, 0.3) is 0 Å². The third-order valence-corrected chi connectivity index (χ3v) is 4.66. The SMILES string of the molecule is COc1ccccc1S(=O)(=O)OCc1cccc(OCCCC=O)c1. The third kappa shape index (κ3) is 5.58. The molecule has 0 spiro atoms. The molecular formula is C18H20O6S. The summed E-state index contributed by atoms with van der Waals surface area (Å²) in [5.74, 6) is 0.830. The Bertz CT molecular complexity index is 801. The second-order valence-electron chi connectivity index (χ2n) is 5.17. The summed E-state index contributed by atoms with van der Waals surface area (Å²) >= 11 is 0. The average Bonchev–Trinajstić information content (AvgIpc) is 2.64. The van der Waals surface area contributed by atoms with Crippen molar-refractivity contribution in [2.45, 2.75) is 24.3 Å². The summed E-state index contributed by atoms with van der Waals surface area (Å²) in [4.78, 5) is 10.3. The molecule has 0 amide bonds. The minimum Gasteiger partial charge on any atom is -0.495 e. The first-order valence-corrected chi connectivity index (χ1v) is 9.15. The van der Waals surface area contributed by atoms with Gasteiger partial charge in [-0.3, -0.25) is 4.18 Å². The summed E-state index contributed by atoms with van der Waals surface area (Å²) in [5.41, 5.74) is 0.659. The molecule has 0 aliphatic carbocycles. The largest absolute Gasteiger partial charge is 0.495 e. The highest BCUT2D eigenvalue weighted by atomic mass is 32.2. The predicted molar refractivity (Wildman–Crippen MR) is 92.2 cm³/mol. The van der Waals surface area contributed by atoms with Crippen molar-refractivity contribution in [1.82, 2.24) is 0 Å². The lowest BCUT2D eigenvalue weighted by molar-refractivity contribution is -0.108. The van der Waals surface area contributed by atoms with Gasteiger partial charge in [0.05, 0.1) is 20.3 Å². The van der Waals surface area contributed by atoms with Crippen molar-refractivity contribution >= 4 is 16.4 Å². The molecule has 0 unspecified atom stereocenters. The van der Waals surface area contributed by atoms with E-state index in [2.05, 4.69) is 0 Å². The molecule has 0 aliphatic rings. The van der Waals surface area contributed by atoms with Gasteiger partial charge in [0.1, 0.15) is 22.7 Å². The minimum absolute atomic E-state index is 0.0150. The Morgan fingerprint density at radius 2 is 1.88 bits per heavy atom. The van der Waals surface area contributed by atoms with Gasteiger partial charge in [-0.25, -0.2) is 0 Å². The average molecular weight is 364 g/mol. The molecule has 134 valence electrons. The fraction of sp³-hybridized carbons (Fsp3) is 0.278. The van der Waals surface area contributed by atoms with Gasteiger partial charge in [0.2, 0.25) is 0 Å². The number of methoxy groups -OCH3 is 1. The lowest BCUT2D eigenvalue weighted by Gasteiger charge is -2.10. The summed E-state index contributed by atoms with van der Waals surface area (Å²) in [6.07, 6.45) is 1.92. The molecule has 0 saturated heterocycles. The number of benzene rings is 2. The van der Waals surface area contributed by atoms with Gasteiger partial charge in [-0.1, -0.05) is 24.3 Å².